The molecule has 0 aliphatic rings. The zero-order valence-corrected chi connectivity index (χ0v) is 11.9. The summed E-state index contributed by atoms with van der Waals surface area (Å²) in [4.78, 5) is 11.4. The summed E-state index contributed by atoms with van der Waals surface area (Å²) in [6.45, 7) is 2.03. The monoisotopic (exact) mass is 320 g/mol. The van der Waals surface area contributed by atoms with Gasteiger partial charge in [0.1, 0.15) is 4.47 Å². The highest BCUT2D eigenvalue weighted by molar-refractivity contribution is 9.10. The number of anilines is 1. The number of aromatic amines is 1. The van der Waals surface area contributed by atoms with Crippen molar-refractivity contribution in [3.63, 3.8) is 0 Å². The van der Waals surface area contributed by atoms with Crippen molar-refractivity contribution in [3.8, 4) is 0 Å². The molecule has 0 saturated carbocycles. The molecule has 2 N–H and O–H groups in total. The molecule has 0 fully saturated rings. The predicted molar refractivity (Wildman–Crippen MR) is 79.5 cm³/mol. The summed E-state index contributed by atoms with van der Waals surface area (Å²) in [7, 11) is 0. The molecule has 0 saturated heterocycles. The summed E-state index contributed by atoms with van der Waals surface area (Å²) in [5.74, 6) is 0. The number of aromatic nitrogens is 2. The number of H-pyrrole nitrogens is 1. The van der Waals surface area contributed by atoms with Crippen LogP contribution in [0.3, 0.4) is 0 Å². The van der Waals surface area contributed by atoms with E-state index in [1.54, 1.807) is 0 Å². The van der Waals surface area contributed by atoms with Gasteiger partial charge in [-0.2, -0.15) is 10.2 Å². The smallest absolute Gasteiger partial charge is 0.275 e. The van der Waals surface area contributed by atoms with Gasteiger partial charge in [0.25, 0.3) is 5.56 Å². The fraction of sp³-hybridized carbons (Fsp3) is 0.154. The summed E-state index contributed by atoms with van der Waals surface area (Å²) >= 11 is 3.19. The third-order valence-electron chi connectivity index (χ3n) is 2.55. The lowest BCUT2D eigenvalue weighted by molar-refractivity contribution is 0.976. The molecule has 0 spiro atoms. The first kappa shape index (κ1) is 13.5. The van der Waals surface area contributed by atoms with Gasteiger partial charge in [0.05, 0.1) is 17.6 Å². The van der Waals surface area contributed by atoms with E-state index >= 15 is 0 Å². The molecule has 0 atom stereocenters. The molecule has 2 aromatic rings. The maximum absolute atomic E-state index is 11.4. The van der Waals surface area contributed by atoms with Crippen molar-refractivity contribution < 1.29 is 0 Å². The molecule has 1 aromatic carbocycles. The summed E-state index contributed by atoms with van der Waals surface area (Å²) < 4.78 is 0.384. The van der Waals surface area contributed by atoms with E-state index in [-0.39, 0.29) is 5.56 Å². The number of halogens is 1. The second kappa shape index (κ2) is 6.29. The lowest BCUT2D eigenvalue weighted by Gasteiger charge is -2.06. The van der Waals surface area contributed by atoms with Crippen LogP contribution in [-0.4, -0.2) is 15.9 Å². The molecule has 19 heavy (non-hydrogen) atoms. The Morgan fingerprint density at radius 1 is 1.42 bits per heavy atom. The molecule has 0 radical (unpaired) electrons. The maximum atomic E-state index is 11.4. The van der Waals surface area contributed by atoms with Crippen LogP contribution in [0.1, 0.15) is 18.9 Å². The van der Waals surface area contributed by atoms with Crippen LogP contribution in [0.4, 0.5) is 5.69 Å². The molecular weight excluding hydrogens is 308 g/mol. The van der Waals surface area contributed by atoms with E-state index in [0.29, 0.717) is 10.2 Å². The number of hydrogen-bond acceptors (Lipinski definition) is 4. The highest BCUT2D eigenvalue weighted by Crippen LogP contribution is 2.15. The normalized spacial score (nSPS) is 11.4. The predicted octanol–water partition coefficient (Wildman–Crippen LogP) is 2.76. The zero-order chi connectivity index (χ0) is 13.7. The minimum Gasteiger partial charge on any atom is -0.275 e. The van der Waals surface area contributed by atoms with E-state index in [9.17, 15) is 4.79 Å². The summed E-state index contributed by atoms with van der Waals surface area (Å²) in [6, 6.07) is 9.88. The number of hydrazone groups is 1. The molecule has 98 valence electrons. The van der Waals surface area contributed by atoms with E-state index in [2.05, 4.69) is 36.7 Å². The Labute approximate surface area is 118 Å². The summed E-state index contributed by atoms with van der Waals surface area (Å²) in [5.41, 5.74) is 5.06. The third kappa shape index (κ3) is 3.29. The Hall–Kier alpha value is -1.95. The Morgan fingerprint density at radius 3 is 2.84 bits per heavy atom. The minimum atomic E-state index is -0.294. The molecule has 1 heterocycles. The van der Waals surface area contributed by atoms with Crippen molar-refractivity contribution in [2.24, 2.45) is 5.10 Å². The van der Waals surface area contributed by atoms with Gasteiger partial charge < -0.3 is 0 Å². The Bertz CT molecular complexity index is 637. The molecule has 5 nitrogen and oxygen atoms in total. The van der Waals surface area contributed by atoms with Crippen molar-refractivity contribution >= 4 is 27.3 Å². The molecule has 1 aromatic heterocycles. The maximum Gasteiger partial charge on any atom is 0.280 e. The Morgan fingerprint density at radius 2 is 2.16 bits per heavy atom. The summed E-state index contributed by atoms with van der Waals surface area (Å²) in [5, 5.41) is 10.4. The SMILES string of the molecule is CC/C(=N/Nc1cn[nH]c(=O)c1Br)c1ccccc1. The van der Waals surface area contributed by atoms with E-state index in [1.165, 1.54) is 6.20 Å². The first-order valence-corrected chi connectivity index (χ1v) is 6.63. The van der Waals surface area contributed by atoms with E-state index in [4.69, 9.17) is 0 Å². The highest BCUT2D eigenvalue weighted by atomic mass is 79.9. The van der Waals surface area contributed by atoms with Crippen molar-refractivity contribution in [1.82, 2.24) is 10.2 Å². The standard InChI is InChI=1S/C13H13BrN4O/c1-2-10(9-6-4-3-5-7-9)16-17-11-8-15-18-13(19)12(11)14/h3-8H,2H2,1H3,(H2,17,18,19)/b16-10-. The fourth-order valence-electron chi connectivity index (χ4n) is 1.57. The number of hydrogen-bond donors (Lipinski definition) is 2. The van der Waals surface area contributed by atoms with E-state index in [1.807, 2.05) is 37.3 Å². The molecule has 0 unspecified atom stereocenters. The van der Waals surface area contributed by atoms with Crippen LogP contribution in [-0.2, 0) is 0 Å². The van der Waals surface area contributed by atoms with Crippen LogP contribution in [0.5, 0.6) is 0 Å². The number of benzene rings is 1. The van der Waals surface area contributed by atoms with E-state index < -0.39 is 0 Å². The fourth-order valence-corrected chi connectivity index (χ4v) is 1.85. The lowest BCUT2D eigenvalue weighted by atomic mass is 10.1. The molecule has 0 aliphatic heterocycles. The number of nitrogens with zero attached hydrogens (tertiary/aromatic N) is 2. The van der Waals surface area contributed by atoms with Gasteiger partial charge in [0.2, 0.25) is 0 Å². The minimum absolute atomic E-state index is 0.294. The van der Waals surface area contributed by atoms with E-state index in [0.717, 1.165) is 17.7 Å². The number of nitrogens with one attached hydrogen (secondary N) is 2. The second-order valence-electron chi connectivity index (χ2n) is 3.82. The van der Waals surface area contributed by atoms with Crippen LogP contribution in [0.15, 0.2) is 50.9 Å². The molecule has 0 bridgehead atoms. The van der Waals surface area contributed by atoms with Crippen LogP contribution in [0.2, 0.25) is 0 Å². The van der Waals surface area contributed by atoms with Gasteiger partial charge in [0.15, 0.2) is 0 Å². The van der Waals surface area contributed by atoms with Crippen molar-refractivity contribution in [2.75, 3.05) is 5.43 Å². The number of rotatable bonds is 4. The Balaban J connectivity index is 2.26. The van der Waals surface area contributed by atoms with Crippen molar-refractivity contribution in [2.45, 2.75) is 13.3 Å². The van der Waals surface area contributed by atoms with Gasteiger partial charge in [-0.3, -0.25) is 10.2 Å². The van der Waals surface area contributed by atoms with Crippen LogP contribution in [0, 0.1) is 0 Å². The molecule has 6 heteroatoms. The Kier molecular flexibility index (Phi) is 4.46. The first-order chi connectivity index (χ1) is 9.22. The second-order valence-corrected chi connectivity index (χ2v) is 4.61. The zero-order valence-electron chi connectivity index (χ0n) is 10.4. The van der Waals surface area contributed by atoms with Crippen molar-refractivity contribution in [3.05, 3.63) is 56.9 Å². The largest absolute Gasteiger partial charge is 0.280 e. The quantitative estimate of drug-likeness (QED) is 0.672. The van der Waals surface area contributed by atoms with Gasteiger partial charge in [-0.1, -0.05) is 37.3 Å². The molecule has 0 aliphatic carbocycles. The topological polar surface area (TPSA) is 70.1 Å². The van der Waals surface area contributed by atoms with Gasteiger partial charge in [-0.05, 0) is 27.9 Å². The average molecular weight is 321 g/mol. The van der Waals surface area contributed by atoms with Gasteiger partial charge >= 0.3 is 0 Å². The van der Waals surface area contributed by atoms with Crippen LogP contribution < -0.4 is 11.0 Å². The third-order valence-corrected chi connectivity index (χ3v) is 3.34. The molecular formula is C13H13BrN4O. The molecule has 0 amide bonds. The highest BCUT2D eigenvalue weighted by Gasteiger charge is 2.04. The lowest BCUT2D eigenvalue weighted by Crippen LogP contribution is -2.11. The van der Waals surface area contributed by atoms with Crippen LogP contribution >= 0.6 is 15.9 Å². The van der Waals surface area contributed by atoms with Gasteiger partial charge in [0, 0.05) is 0 Å². The van der Waals surface area contributed by atoms with Crippen LogP contribution in [0.25, 0.3) is 0 Å². The van der Waals surface area contributed by atoms with Crippen molar-refractivity contribution in [1.29, 1.82) is 0 Å². The average Bonchev–Trinajstić information content (AvgIpc) is 2.45. The first-order valence-electron chi connectivity index (χ1n) is 5.83. The molecule has 2 rings (SSSR count). The van der Waals surface area contributed by atoms with Gasteiger partial charge in [-0.15, -0.1) is 0 Å². The van der Waals surface area contributed by atoms with Gasteiger partial charge in [-0.25, -0.2) is 5.10 Å². The summed E-state index contributed by atoms with van der Waals surface area (Å²) in [6.07, 6.45) is 2.29.